The van der Waals surface area contributed by atoms with Crippen molar-refractivity contribution in [1.29, 1.82) is 0 Å². The second kappa shape index (κ2) is 13.1. The molecular formula is C34H36N4O4. The molecule has 8 heteroatoms. The Morgan fingerprint density at radius 3 is 1.40 bits per heavy atom. The van der Waals surface area contributed by atoms with Gasteiger partial charge in [0.25, 0.3) is 11.8 Å². The van der Waals surface area contributed by atoms with Crippen LogP contribution in [0.2, 0.25) is 0 Å². The van der Waals surface area contributed by atoms with Crippen LogP contribution < -0.4 is 0 Å². The van der Waals surface area contributed by atoms with Gasteiger partial charge in [0.15, 0.2) is 0 Å². The molecule has 8 nitrogen and oxygen atoms in total. The molecule has 0 unspecified atom stereocenters. The van der Waals surface area contributed by atoms with Crippen LogP contribution in [0.5, 0.6) is 0 Å². The van der Waals surface area contributed by atoms with E-state index in [2.05, 4.69) is 4.98 Å². The molecule has 2 aromatic carbocycles. The average Bonchev–Trinajstić information content (AvgIpc) is 3.04. The van der Waals surface area contributed by atoms with Gasteiger partial charge in [0.05, 0.1) is 36.7 Å². The molecule has 0 saturated heterocycles. The van der Waals surface area contributed by atoms with E-state index in [0.29, 0.717) is 0 Å². The number of benzene rings is 2. The second-order valence-electron chi connectivity index (χ2n) is 10.6. The molecule has 0 spiro atoms. The molecule has 3 heterocycles. The van der Waals surface area contributed by atoms with Crippen molar-refractivity contribution in [2.45, 2.75) is 51.4 Å². The maximum absolute atomic E-state index is 13.7. The molecule has 0 aliphatic carbocycles. The van der Waals surface area contributed by atoms with E-state index in [1.165, 1.54) is 0 Å². The average molecular weight is 565 g/mol. The van der Waals surface area contributed by atoms with E-state index in [9.17, 15) is 9.59 Å². The number of amides is 2. The van der Waals surface area contributed by atoms with E-state index >= 15 is 0 Å². The topological polar surface area (TPSA) is 84.9 Å². The van der Waals surface area contributed by atoms with Gasteiger partial charge in [-0.2, -0.15) is 0 Å². The van der Waals surface area contributed by atoms with Crippen molar-refractivity contribution < 1.29 is 19.1 Å². The van der Waals surface area contributed by atoms with Gasteiger partial charge in [-0.15, -0.1) is 0 Å². The Kier molecular flexibility index (Phi) is 9.05. The zero-order chi connectivity index (χ0) is 29.6. The van der Waals surface area contributed by atoms with E-state index < -0.39 is 12.2 Å². The number of ether oxygens (including phenoxy) is 2. The standard InChI is InChI=1S/C34H36N4O4/c1-23-31(25-13-7-5-8-14-25)41-21-27-17-11-18-28(35-27)22-42-32(26-15-9-6-10-16-26)24(2)38(4)34(40)30-20-12-19-29(36-30)33(39)37(23)3/h5-20,23-24,31-32H,21-22H2,1-4H3/t23-,24-,31-,32-/m0/s1. The lowest BCUT2D eigenvalue weighted by Gasteiger charge is -2.33. The van der Waals surface area contributed by atoms with Crippen LogP contribution in [0.15, 0.2) is 97.1 Å². The summed E-state index contributed by atoms with van der Waals surface area (Å²) < 4.78 is 12.9. The predicted octanol–water partition coefficient (Wildman–Crippen LogP) is 5.63. The van der Waals surface area contributed by atoms with Crippen molar-refractivity contribution in [1.82, 2.24) is 19.8 Å². The number of nitrogens with zero attached hydrogens (tertiary/aromatic N) is 4. The first kappa shape index (κ1) is 29.1. The van der Waals surface area contributed by atoms with Crippen molar-refractivity contribution >= 4 is 11.8 Å². The fourth-order valence-electron chi connectivity index (χ4n) is 5.16. The van der Waals surface area contributed by atoms with Gasteiger partial charge >= 0.3 is 0 Å². The highest BCUT2D eigenvalue weighted by atomic mass is 16.5. The minimum atomic E-state index is -0.431. The lowest BCUT2D eigenvalue weighted by atomic mass is 10.0. The number of fused-ring (bicyclic) bond motifs is 4. The van der Waals surface area contributed by atoms with Gasteiger partial charge in [-0.05, 0) is 49.2 Å². The minimum absolute atomic E-state index is 0.189. The third-order valence-corrected chi connectivity index (χ3v) is 7.87. The van der Waals surface area contributed by atoms with Crippen molar-refractivity contribution in [3.05, 3.63) is 131 Å². The van der Waals surface area contributed by atoms with E-state index in [1.807, 2.05) is 92.7 Å². The fraction of sp³-hybridized carbons (Fsp3) is 0.294. The van der Waals surface area contributed by atoms with E-state index in [0.717, 1.165) is 22.5 Å². The number of pyridine rings is 2. The summed E-state index contributed by atoms with van der Waals surface area (Å²) >= 11 is 0. The summed E-state index contributed by atoms with van der Waals surface area (Å²) in [7, 11) is 3.46. The smallest absolute Gasteiger partial charge is 0.272 e. The van der Waals surface area contributed by atoms with Crippen LogP contribution in [0, 0.1) is 0 Å². The van der Waals surface area contributed by atoms with Crippen molar-refractivity contribution in [2.24, 2.45) is 0 Å². The Balaban J connectivity index is 1.55. The van der Waals surface area contributed by atoms with Gasteiger partial charge in [0, 0.05) is 14.1 Å². The normalized spacial score (nSPS) is 22.4. The largest absolute Gasteiger partial charge is 0.365 e. The Bertz CT molecular complexity index is 1410. The molecule has 4 bridgehead atoms. The predicted molar refractivity (Wildman–Crippen MR) is 160 cm³/mol. The number of carbonyl (C=O) groups is 2. The molecule has 4 aromatic rings. The minimum Gasteiger partial charge on any atom is -0.365 e. The lowest BCUT2D eigenvalue weighted by Crippen LogP contribution is -2.41. The van der Waals surface area contributed by atoms with Crippen LogP contribution in [0.3, 0.4) is 0 Å². The number of hydrogen-bond donors (Lipinski definition) is 0. The Hall–Kier alpha value is -4.40. The third-order valence-electron chi connectivity index (χ3n) is 7.87. The molecule has 2 amide bonds. The molecular weight excluding hydrogens is 528 g/mol. The van der Waals surface area contributed by atoms with Gasteiger partial charge in [0.1, 0.15) is 23.6 Å². The Morgan fingerprint density at radius 1 is 0.571 bits per heavy atom. The van der Waals surface area contributed by atoms with Crippen molar-refractivity contribution in [3.63, 3.8) is 0 Å². The molecule has 4 atom stereocenters. The molecule has 0 radical (unpaired) electrons. The molecule has 1 aliphatic rings. The van der Waals surface area contributed by atoms with Gasteiger partial charge in [-0.3, -0.25) is 14.6 Å². The van der Waals surface area contributed by atoms with Crippen LogP contribution in [-0.4, -0.2) is 57.8 Å². The van der Waals surface area contributed by atoms with Gasteiger partial charge in [0.2, 0.25) is 0 Å². The highest BCUT2D eigenvalue weighted by Gasteiger charge is 2.31. The summed E-state index contributed by atoms with van der Waals surface area (Å²) in [5.74, 6) is -0.603. The fourth-order valence-corrected chi connectivity index (χ4v) is 5.16. The van der Waals surface area contributed by atoms with Crippen LogP contribution in [0.25, 0.3) is 0 Å². The SMILES string of the molecule is C[C@H]1[C@@H](c2ccccc2)OCc2cccc(n2)CO[C@H](c2ccccc2)[C@H](C)N(C)C(=O)c2cccc(n2)C(=O)N1C. The zero-order valence-corrected chi connectivity index (χ0v) is 24.4. The quantitative estimate of drug-likeness (QED) is 0.314. The first-order valence-electron chi connectivity index (χ1n) is 14.1. The van der Waals surface area contributed by atoms with E-state index in [1.54, 1.807) is 42.1 Å². The molecule has 5 rings (SSSR count). The summed E-state index contributed by atoms with van der Waals surface area (Å²) in [6, 6.07) is 29.7. The maximum Gasteiger partial charge on any atom is 0.272 e. The van der Waals surface area contributed by atoms with Gasteiger partial charge in [-0.1, -0.05) is 72.8 Å². The maximum atomic E-state index is 13.7. The number of likely N-dealkylation sites (N-methyl/N-ethyl adjacent to an activating group) is 2. The van der Waals surface area contributed by atoms with Crippen LogP contribution >= 0.6 is 0 Å². The summed E-state index contributed by atoms with van der Waals surface area (Å²) in [6.07, 6.45) is -0.861. The summed E-state index contributed by atoms with van der Waals surface area (Å²) in [4.78, 5) is 39.9. The third kappa shape index (κ3) is 6.40. The Morgan fingerprint density at radius 2 is 0.976 bits per heavy atom. The number of aromatic nitrogens is 2. The number of hydrogen-bond acceptors (Lipinski definition) is 6. The van der Waals surface area contributed by atoms with Crippen LogP contribution in [-0.2, 0) is 22.7 Å². The van der Waals surface area contributed by atoms with Gasteiger partial charge < -0.3 is 19.3 Å². The highest BCUT2D eigenvalue weighted by molar-refractivity contribution is 5.96. The highest BCUT2D eigenvalue weighted by Crippen LogP contribution is 2.29. The second-order valence-corrected chi connectivity index (χ2v) is 10.6. The molecule has 2 aromatic heterocycles. The van der Waals surface area contributed by atoms with Crippen LogP contribution in [0.1, 0.15) is 69.5 Å². The summed E-state index contributed by atoms with van der Waals surface area (Å²) in [5, 5.41) is 0. The van der Waals surface area contributed by atoms with E-state index in [-0.39, 0.29) is 48.5 Å². The molecule has 216 valence electrons. The van der Waals surface area contributed by atoms with Crippen molar-refractivity contribution in [3.8, 4) is 0 Å². The number of carbonyl (C=O) groups excluding carboxylic acids is 2. The molecule has 1 aliphatic heterocycles. The van der Waals surface area contributed by atoms with Crippen LogP contribution in [0.4, 0.5) is 0 Å². The zero-order valence-electron chi connectivity index (χ0n) is 24.4. The number of rotatable bonds is 2. The summed E-state index contributed by atoms with van der Waals surface area (Å²) in [6.45, 7) is 4.39. The first-order valence-corrected chi connectivity index (χ1v) is 14.1. The molecule has 0 N–H and O–H groups in total. The van der Waals surface area contributed by atoms with Gasteiger partial charge in [-0.25, -0.2) is 4.98 Å². The molecule has 42 heavy (non-hydrogen) atoms. The lowest BCUT2D eigenvalue weighted by molar-refractivity contribution is -0.0151. The molecule has 0 fully saturated rings. The van der Waals surface area contributed by atoms with Crippen molar-refractivity contribution in [2.75, 3.05) is 14.1 Å². The van der Waals surface area contributed by atoms with E-state index in [4.69, 9.17) is 14.5 Å². The Labute approximate surface area is 246 Å². The monoisotopic (exact) mass is 564 g/mol. The first-order chi connectivity index (χ1) is 20.3. The summed E-state index contributed by atoms with van der Waals surface area (Å²) in [5.41, 5.74) is 3.77. The molecule has 0 saturated carbocycles.